The van der Waals surface area contributed by atoms with Gasteiger partial charge in [0, 0.05) is 12.4 Å². The summed E-state index contributed by atoms with van der Waals surface area (Å²) in [5.74, 6) is 0. The highest BCUT2D eigenvalue weighted by Gasteiger charge is 2.18. The van der Waals surface area contributed by atoms with Crippen molar-refractivity contribution in [3.05, 3.63) is 24.0 Å². The van der Waals surface area contributed by atoms with E-state index in [1.54, 1.807) is 39.1 Å². The van der Waals surface area contributed by atoms with E-state index < -0.39 is 11.7 Å². The molecule has 0 unspecified atom stereocenters. The van der Waals surface area contributed by atoms with Crippen LogP contribution in [0.3, 0.4) is 0 Å². The predicted octanol–water partition coefficient (Wildman–Crippen LogP) is 2.21. The van der Waals surface area contributed by atoms with Crippen molar-refractivity contribution >= 4 is 12.3 Å². The SMILES string of the molecule is CC(C)(C)OC(=O)n1cccc1C=NCC#N. The first-order valence-electron chi connectivity index (χ1n) is 5.21. The fourth-order valence-corrected chi connectivity index (χ4v) is 1.16. The molecule has 0 saturated heterocycles. The third-order valence-corrected chi connectivity index (χ3v) is 1.76. The van der Waals surface area contributed by atoms with E-state index in [0.717, 1.165) is 0 Å². The van der Waals surface area contributed by atoms with Gasteiger partial charge < -0.3 is 4.74 Å². The van der Waals surface area contributed by atoms with Crippen molar-refractivity contribution < 1.29 is 9.53 Å². The van der Waals surface area contributed by atoms with Crippen molar-refractivity contribution in [1.82, 2.24) is 4.57 Å². The lowest BCUT2D eigenvalue weighted by atomic mass is 10.2. The van der Waals surface area contributed by atoms with Crippen LogP contribution in [0.25, 0.3) is 0 Å². The number of nitrogens with zero attached hydrogens (tertiary/aromatic N) is 3. The van der Waals surface area contributed by atoms with Crippen LogP contribution in [0.5, 0.6) is 0 Å². The fraction of sp³-hybridized carbons (Fsp3) is 0.417. The average Bonchev–Trinajstić information content (AvgIpc) is 2.64. The number of ether oxygens (including phenoxy) is 1. The first kappa shape index (κ1) is 13.0. The van der Waals surface area contributed by atoms with Gasteiger partial charge in [-0.15, -0.1) is 0 Å². The van der Waals surface area contributed by atoms with Crippen LogP contribution in [-0.4, -0.2) is 29.0 Å². The third-order valence-electron chi connectivity index (χ3n) is 1.76. The monoisotopic (exact) mass is 233 g/mol. The van der Waals surface area contributed by atoms with E-state index in [1.165, 1.54) is 10.8 Å². The minimum atomic E-state index is -0.539. The number of aliphatic imine (C=N–C) groups is 1. The van der Waals surface area contributed by atoms with Gasteiger partial charge >= 0.3 is 6.09 Å². The molecule has 0 aliphatic heterocycles. The summed E-state index contributed by atoms with van der Waals surface area (Å²) in [7, 11) is 0. The van der Waals surface area contributed by atoms with Crippen LogP contribution in [0.2, 0.25) is 0 Å². The first-order valence-corrected chi connectivity index (χ1v) is 5.21. The lowest BCUT2D eigenvalue weighted by molar-refractivity contribution is 0.0537. The van der Waals surface area contributed by atoms with Gasteiger partial charge in [-0.05, 0) is 32.9 Å². The molecule has 0 spiro atoms. The number of hydrogen-bond donors (Lipinski definition) is 0. The van der Waals surface area contributed by atoms with Crippen LogP contribution in [-0.2, 0) is 4.74 Å². The summed E-state index contributed by atoms with van der Waals surface area (Å²) in [5.41, 5.74) is 0.0529. The van der Waals surface area contributed by atoms with Gasteiger partial charge in [-0.25, -0.2) is 4.79 Å². The lowest BCUT2D eigenvalue weighted by Gasteiger charge is -2.19. The molecule has 0 aliphatic carbocycles. The molecule has 5 nitrogen and oxygen atoms in total. The number of carbonyl (C=O) groups excluding carboxylic acids is 1. The predicted molar refractivity (Wildman–Crippen MR) is 64.1 cm³/mol. The molecule has 1 rings (SSSR count). The van der Waals surface area contributed by atoms with E-state index in [1.807, 2.05) is 6.07 Å². The molecule has 0 aliphatic rings. The van der Waals surface area contributed by atoms with Gasteiger partial charge in [-0.3, -0.25) is 9.56 Å². The highest BCUT2D eigenvalue weighted by molar-refractivity contribution is 5.85. The normalized spacial score (nSPS) is 11.4. The maximum atomic E-state index is 11.8. The smallest absolute Gasteiger partial charge is 0.419 e. The van der Waals surface area contributed by atoms with E-state index >= 15 is 0 Å². The van der Waals surface area contributed by atoms with Crippen LogP contribution in [0.4, 0.5) is 4.79 Å². The van der Waals surface area contributed by atoms with Crippen LogP contribution in [0.1, 0.15) is 26.5 Å². The Bertz CT molecular complexity index is 461. The molecule has 17 heavy (non-hydrogen) atoms. The van der Waals surface area contributed by atoms with E-state index in [4.69, 9.17) is 10.00 Å². The van der Waals surface area contributed by atoms with Crippen molar-refractivity contribution in [2.24, 2.45) is 4.99 Å². The summed E-state index contributed by atoms with van der Waals surface area (Å²) >= 11 is 0. The summed E-state index contributed by atoms with van der Waals surface area (Å²) in [6.45, 7) is 5.48. The maximum absolute atomic E-state index is 11.8. The van der Waals surface area contributed by atoms with E-state index in [-0.39, 0.29) is 6.54 Å². The summed E-state index contributed by atoms with van der Waals surface area (Å²) in [6, 6.07) is 5.34. The Morgan fingerprint density at radius 1 is 1.65 bits per heavy atom. The number of carbonyl (C=O) groups is 1. The zero-order chi connectivity index (χ0) is 12.9. The molecule has 0 saturated carbocycles. The van der Waals surface area contributed by atoms with Crippen LogP contribution in [0.15, 0.2) is 23.3 Å². The van der Waals surface area contributed by atoms with Gasteiger partial charge in [-0.1, -0.05) is 0 Å². The number of rotatable bonds is 2. The van der Waals surface area contributed by atoms with Crippen molar-refractivity contribution in [2.75, 3.05) is 6.54 Å². The second-order valence-corrected chi connectivity index (χ2v) is 4.41. The Kier molecular flexibility index (Phi) is 4.05. The summed E-state index contributed by atoms with van der Waals surface area (Å²) in [4.78, 5) is 15.6. The van der Waals surface area contributed by atoms with E-state index in [9.17, 15) is 4.79 Å². The minimum Gasteiger partial charge on any atom is -0.443 e. The minimum absolute atomic E-state index is 0.0689. The molecule has 0 amide bonds. The van der Waals surface area contributed by atoms with E-state index in [0.29, 0.717) is 5.69 Å². The van der Waals surface area contributed by atoms with Crippen molar-refractivity contribution in [3.63, 3.8) is 0 Å². The molecule has 1 heterocycles. The summed E-state index contributed by atoms with van der Waals surface area (Å²) in [5, 5.41) is 8.36. The average molecular weight is 233 g/mol. The van der Waals surface area contributed by atoms with Gasteiger partial charge in [0.25, 0.3) is 0 Å². The number of hydrogen-bond acceptors (Lipinski definition) is 4. The van der Waals surface area contributed by atoms with Crippen LogP contribution < -0.4 is 0 Å². The Morgan fingerprint density at radius 3 is 2.94 bits per heavy atom. The Hall–Kier alpha value is -2.09. The Morgan fingerprint density at radius 2 is 2.35 bits per heavy atom. The molecule has 0 bridgehead atoms. The fourth-order valence-electron chi connectivity index (χ4n) is 1.16. The molecule has 0 aromatic carbocycles. The zero-order valence-corrected chi connectivity index (χ0v) is 10.2. The molecule has 0 radical (unpaired) electrons. The second kappa shape index (κ2) is 5.30. The molecule has 0 N–H and O–H groups in total. The van der Waals surface area contributed by atoms with E-state index in [2.05, 4.69) is 4.99 Å². The molecule has 1 aromatic rings. The van der Waals surface area contributed by atoms with Crippen molar-refractivity contribution in [3.8, 4) is 6.07 Å². The van der Waals surface area contributed by atoms with Crippen LogP contribution >= 0.6 is 0 Å². The quantitative estimate of drug-likeness (QED) is 0.581. The molecular formula is C12H15N3O2. The highest BCUT2D eigenvalue weighted by atomic mass is 16.6. The molecular weight excluding hydrogens is 218 g/mol. The van der Waals surface area contributed by atoms with Gasteiger partial charge in [0.1, 0.15) is 12.1 Å². The van der Waals surface area contributed by atoms with Gasteiger partial charge in [0.05, 0.1) is 11.8 Å². The molecule has 5 heteroatoms. The summed E-state index contributed by atoms with van der Waals surface area (Å²) < 4.78 is 6.58. The van der Waals surface area contributed by atoms with Gasteiger partial charge in [0.2, 0.25) is 0 Å². The number of aromatic nitrogens is 1. The topological polar surface area (TPSA) is 67.4 Å². The first-order chi connectivity index (χ1) is 7.94. The molecule has 90 valence electrons. The maximum Gasteiger partial charge on any atom is 0.419 e. The highest BCUT2D eigenvalue weighted by Crippen LogP contribution is 2.10. The second-order valence-electron chi connectivity index (χ2n) is 4.41. The standard InChI is InChI=1S/C12H15N3O2/c1-12(2,3)17-11(16)15-8-4-5-10(15)9-14-7-6-13/h4-5,8-9H,7H2,1-3H3. The van der Waals surface area contributed by atoms with Gasteiger partial charge in [0.15, 0.2) is 0 Å². The Balaban J connectivity index is 2.82. The largest absolute Gasteiger partial charge is 0.443 e. The van der Waals surface area contributed by atoms with Crippen molar-refractivity contribution in [1.29, 1.82) is 5.26 Å². The summed E-state index contributed by atoms with van der Waals surface area (Å²) in [6.07, 6.45) is 2.62. The molecule has 0 atom stereocenters. The van der Waals surface area contributed by atoms with Crippen molar-refractivity contribution in [2.45, 2.75) is 26.4 Å². The molecule has 0 fully saturated rings. The Labute approximate surface area is 100 Å². The lowest BCUT2D eigenvalue weighted by Crippen LogP contribution is -2.27. The van der Waals surface area contributed by atoms with Crippen LogP contribution in [0, 0.1) is 11.3 Å². The zero-order valence-electron chi connectivity index (χ0n) is 10.2. The van der Waals surface area contributed by atoms with Gasteiger partial charge in [-0.2, -0.15) is 5.26 Å². The number of nitriles is 1. The molecule has 1 aromatic heterocycles. The third kappa shape index (κ3) is 4.11.